The first-order valence-electron chi connectivity index (χ1n) is 14.2. The molecule has 3 N–H and O–H groups in total. The minimum absolute atomic E-state index is 0.00555. The Labute approximate surface area is 230 Å². The van der Waals surface area contributed by atoms with Crippen molar-refractivity contribution in [2.24, 2.45) is 17.3 Å². The first kappa shape index (κ1) is 23.6. The SMILES string of the molecule is O=C(Nc1nc2ccc(OC3=CC=C(F)C4CC34)cc2s1)NC1CC2[NH+](Cc3ccccc3)C3CCCC32C1. The third kappa shape index (κ3) is 3.99. The van der Waals surface area contributed by atoms with Gasteiger partial charge in [-0.05, 0) is 50.0 Å². The monoisotopic (exact) mass is 543 g/mol. The van der Waals surface area contributed by atoms with E-state index < -0.39 is 0 Å². The highest BCUT2D eigenvalue weighted by molar-refractivity contribution is 7.22. The van der Waals surface area contributed by atoms with E-state index in [1.54, 1.807) is 11.0 Å². The van der Waals surface area contributed by atoms with Crippen molar-refractivity contribution in [3.63, 3.8) is 0 Å². The molecule has 4 fully saturated rings. The highest BCUT2D eigenvalue weighted by Gasteiger charge is 2.70. The lowest BCUT2D eigenvalue weighted by molar-refractivity contribution is -1.02. The van der Waals surface area contributed by atoms with Crippen LogP contribution in [0.15, 0.2) is 72.3 Å². The molecule has 6 nitrogen and oxygen atoms in total. The van der Waals surface area contributed by atoms with E-state index >= 15 is 0 Å². The van der Waals surface area contributed by atoms with Crippen molar-refractivity contribution in [2.75, 3.05) is 5.32 Å². The Morgan fingerprint density at radius 1 is 1.13 bits per heavy atom. The number of carbonyl (C=O) groups is 1. The topological polar surface area (TPSA) is 67.7 Å². The molecule has 8 rings (SSSR count). The fourth-order valence-corrected chi connectivity index (χ4v) is 9.07. The molecule has 2 aromatic carbocycles. The number of allylic oxidation sites excluding steroid dienone is 4. The molecule has 0 bridgehead atoms. The number of benzene rings is 2. The number of rotatable bonds is 6. The number of fused-ring (bicyclic) bond motifs is 2. The van der Waals surface area contributed by atoms with Gasteiger partial charge in [0.25, 0.3) is 0 Å². The quantitative estimate of drug-likeness (QED) is 0.393. The number of carbonyl (C=O) groups excluding carboxylic acids is 1. The van der Waals surface area contributed by atoms with E-state index in [2.05, 4.69) is 45.9 Å². The molecule has 3 saturated carbocycles. The number of aromatic nitrogens is 1. The van der Waals surface area contributed by atoms with Gasteiger partial charge in [0.2, 0.25) is 0 Å². The van der Waals surface area contributed by atoms with Gasteiger partial charge in [0.05, 0.1) is 21.7 Å². The van der Waals surface area contributed by atoms with Crippen molar-refractivity contribution < 1.29 is 18.8 Å². The van der Waals surface area contributed by atoms with Gasteiger partial charge >= 0.3 is 6.03 Å². The van der Waals surface area contributed by atoms with E-state index in [0.717, 1.165) is 47.8 Å². The molecule has 7 unspecified atom stereocenters. The standard InChI is InChI=1S/C31H31FN4O2S/c32-23-9-11-25(22-15-21(22)23)38-20-8-10-24-26(14-20)39-30(34-24)35-29(37)33-19-13-28-31(16-19)12-4-7-27(31)36(28)17-18-5-2-1-3-6-18/h1-3,5-6,8-11,14,19,21-22,27-28H,4,7,12-13,15-17H2,(H2,33,34,35,37)/p+1. The number of halogens is 1. The van der Waals surface area contributed by atoms with Crippen LogP contribution in [0.2, 0.25) is 0 Å². The Hall–Kier alpha value is -3.23. The third-order valence-corrected chi connectivity index (χ3v) is 10.8. The zero-order chi connectivity index (χ0) is 26.1. The van der Waals surface area contributed by atoms with E-state index in [-0.39, 0.29) is 29.7 Å². The average molecular weight is 544 g/mol. The van der Waals surface area contributed by atoms with E-state index in [1.165, 1.54) is 42.2 Å². The number of hydrogen-bond acceptors (Lipinski definition) is 4. The Bertz CT molecular complexity index is 1520. The Morgan fingerprint density at radius 3 is 2.92 bits per heavy atom. The van der Waals surface area contributed by atoms with Crippen LogP contribution < -0.4 is 20.3 Å². The molecule has 4 aliphatic carbocycles. The molecule has 8 heteroatoms. The van der Waals surface area contributed by atoms with Crippen LogP contribution in [0.25, 0.3) is 10.2 Å². The van der Waals surface area contributed by atoms with Crippen LogP contribution in [0.4, 0.5) is 14.3 Å². The van der Waals surface area contributed by atoms with Gasteiger partial charge in [-0.15, -0.1) is 0 Å². The normalized spacial score (nSPS) is 33.8. The summed E-state index contributed by atoms with van der Waals surface area (Å²) in [6, 6.07) is 17.9. The Morgan fingerprint density at radius 2 is 2.03 bits per heavy atom. The molecule has 1 aromatic heterocycles. The van der Waals surface area contributed by atoms with Crippen molar-refractivity contribution in [3.8, 4) is 5.75 Å². The van der Waals surface area contributed by atoms with E-state index in [4.69, 9.17) is 4.74 Å². The zero-order valence-corrected chi connectivity index (χ0v) is 22.5. The lowest BCUT2D eigenvalue weighted by atomic mass is 9.68. The number of likely N-dealkylation sites (tertiary alicyclic amines) is 1. The summed E-state index contributed by atoms with van der Waals surface area (Å²) in [7, 11) is 0. The molecule has 1 aliphatic heterocycles. The maximum Gasteiger partial charge on any atom is 0.321 e. The first-order valence-corrected chi connectivity index (χ1v) is 15.0. The van der Waals surface area contributed by atoms with Crippen molar-refractivity contribution in [1.82, 2.24) is 10.3 Å². The molecular formula is C31H32FN4O2S+. The van der Waals surface area contributed by atoms with Gasteiger partial charge < -0.3 is 15.0 Å². The Balaban J connectivity index is 0.911. The third-order valence-electron chi connectivity index (χ3n) is 9.88. The number of hydrogen-bond donors (Lipinski definition) is 3. The van der Waals surface area contributed by atoms with Gasteiger partial charge in [0.15, 0.2) is 5.13 Å². The number of thiazole rings is 1. The summed E-state index contributed by atoms with van der Waals surface area (Å²) in [5.41, 5.74) is 2.64. The molecule has 3 aromatic rings. The number of nitrogens with one attached hydrogen (secondary N) is 3. The largest absolute Gasteiger partial charge is 0.461 e. The summed E-state index contributed by atoms with van der Waals surface area (Å²) in [6.07, 6.45) is 10.1. The zero-order valence-electron chi connectivity index (χ0n) is 21.7. The number of ether oxygens (including phenoxy) is 1. The lowest BCUT2D eigenvalue weighted by Crippen LogP contribution is -3.28. The van der Waals surface area contributed by atoms with Gasteiger partial charge in [0.1, 0.15) is 29.9 Å². The fraction of sp³-hybridized carbons (Fsp3) is 0.419. The molecular weight excluding hydrogens is 511 g/mol. The van der Waals surface area contributed by atoms with E-state index in [0.29, 0.717) is 22.3 Å². The molecule has 1 saturated heterocycles. The van der Waals surface area contributed by atoms with Crippen LogP contribution in [0.3, 0.4) is 0 Å². The van der Waals surface area contributed by atoms with Crippen LogP contribution in [0, 0.1) is 17.3 Å². The van der Waals surface area contributed by atoms with Crippen LogP contribution in [0.1, 0.15) is 44.1 Å². The van der Waals surface area contributed by atoms with Crippen molar-refractivity contribution >= 4 is 32.7 Å². The molecule has 39 heavy (non-hydrogen) atoms. The predicted octanol–water partition coefficient (Wildman–Crippen LogP) is 5.35. The number of amides is 2. The summed E-state index contributed by atoms with van der Waals surface area (Å²) < 4.78 is 20.7. The second kappa shape index (κ2) is 8.89. The van der Waals surface area contributed by atoms with Crippen LogP contribution in [-0.4, -0.2) is 29.1 Å². The molecule has 200 valence electrons. The molecule has 2 amide bonds. The maximum atomic E-state index is 13.7. The average Bonchev–Trinajstić information content (AvgIpc) is 3.42. The lowest BCUT2D eigenvalue weighted by Gasteiger charge is -2.54. The summed E-state index contributed by atoms with van der Waals surface area (Å²) in [6.45, 7) is 1.08. The van der Waals surface area contributed by atoms with E-state index in [1.807, 2.05) is 18.2 Å². The molecule has 0 radical (unpaired) electrons. The summed E-state index contributed by atoms with van der Waals surface area (Å²) in [4.78, 5) is 19.3. The molecule has 5 aliphatic rings. The second-order valence-corrected chi connectivity index (χ2v) is 13.1. The van der Waals surface area contributed by atoms with Gasteiger partial charge in [-0.2, -0.15) is 0 Å². The predicted molar refractivity (Wildman–Crippen MR) is 149 cm³/mol. The number of urea groups is 1. The molecule has 2 heterocycles. The Kier molecular flexibility index (Phi) is 5.39. The second-order valence-electron chi connectivity index (χ2n) is 12.0. The minimum atomic E-state index is -0.173. The highest BCUT2D eigenvalue weighted by Crippen LogP contribution is 2.54. The summed E-state index contributed by atoms with van der Waals surface area (Å²) >= 11 is 1.44. The molecule has 7 atom stereocenters. The minimum Gasteiger partial charge on any atom is -0.461 e. The van der Waals surface area contributed by atoms with Crippen LogP contribution in [-0.2, 0) is 6.54 Å². The summed E-state index contributed by atoms with van der Waals surface area (Å²) in [5, 5.41) is 6.84. The molecule has 1 spiro atoms. The maximum absolute atomic E-state index is 13.7. The first-order chi connectivity index (χ1) is 19.1. The van der Waals surface area contributed by atoms with Crippen LogP contribution in [0.5, 0.6) is 5.75 Å². The van der Waals surface area contributed by atoms with E-state index in [9.17, 15) is 9.18 Å². The smallest absolute Gasteiger partial charge is 0.321 e. The van der Waals surface area contributed by atoms with Gasteiger partial charge in [-0.1, -0.05) is 41.7 Å². The van der Waals surface area contributed by atoms with Gasteiger partial charge in [-0.3, -0.25) is 5.32 Å². The summed E-state index contributed by atoms with van der Waals surface area (Å²) in [5.74, 6) is 1.64. The number of quaternary nitrogens is 1. The number of nitrogens with zero attached hydrogens (tertiary/aromatic N) is 1. The van der Waals surface area contributed by atoms with Gasteiger partial charge in [-0.25, -0.2) is 14.2 Å². The van der Waals surface area contributed by atoms with Crippen molar-refractivity contribution in [2.45, 2.75) is 63.2 Å². The van der Waals surface area contributed by atoms with Crippen molar-refractivity contribution in [3.05, 3.63) is 77.8 Å². The van der Waals surface area contributed by atoms with Gasteiger partial charge in [0, 0.05) is 42.3 Å². The van der Waals surface area contributed by atoms with Crippen LogP contribution >= 0.6 is 11.3 Å². The van der Waals surface area contributed by atoms with Crippen molar-refractivity contribution in [1.29, 1.82) is 0 Å². The number of anilines is 1. The fourth-order valence-electron chi connectivity index (χ4n) is 8.18. The highest BCUT2D eigenvalue weighted by atomic mass is 32.1.